The molecule has 1 N–H and O–H groups in total. The normalized spacial score (nSPS) is 12.2. The number of hydrogen-bond donors (Lipinski definition) is 1. The Morgan fingerprint density at radius 1 is 1.05 bits per heavy atom. The van der Waals surface area contributed by atoms with Crippen LogP contribution in [0.25, 0.3) is 0 Å². The molecule has 8 heteroatoms. The summed E-state index contributed by atoms with van der Waals surface area (Å²) in [7, 11) is -6.88. The van der Waals surface area contributed by atoms with Crippen LogP contribution in [0.4, 0.5) is 5.69 Å². The van der Waals surface area contributed by atoms with Gasteiger partial charge in [-0.2, -0.15) is 0 Å². The lowest BCUT2D eigenvalue weighted by Crippen LogP contribution is -2.11. The van der Waals surface area contributed by atoms with Crippen LogP contribution in [0.3, 0.4) is 0 Å². The molecule has 5 nitrogen and oxygen atoms in total. The van der Waals surface area contributed by atoms with E-state index in [1.54, 1.807) is 18.4 Å². The molecule has 0 bridgehead atoms. The first kappa shape index (κ1) is 15.0. The summed E-state index contributed by atoms with van der Waals surface area (Å²) in [6.45, 7) is 1.56. The summed E-state index contributed by atoms with van der Waals surface area (Å²) in [6, 6.07) is 8.82. The van der Waals surface area contributed by atoms with Crippen molar-refractivity contribution in [1.29, 1.82) is 0 Å². The van der Waals surface area contributed by atoms with Crippen LogP contribution in [0.15, 0.2) is 50.9 Å². The van der Waals surface area contributed by atoms with E-state index >= 15 is 0 Å². The molecule has 0 radical (unpaired) electrons. The van der Waals surface area contributed by atoms with Gasteiger partial charge in [-0.05, 0) is 35.7 Å². The van der Waals surface area contributed by atoms with Crippen molar-refractivity contribution in [3.63, 3.8) is 0 Å². The highest BCUT2D eigenvalue weighted by atomic mass is 32.2. The summed E-state index contributed by atoms with van der Waals surface area (Å²) < 4.78 is 49.9. The average molecular weight is 331 g/mol. The lowest BCUT2D eigenvalue weighted by atomic mass is 10.3. The number of hydrogen-bond acceptors (Lipinski definition) is 5. The molecule has 0 saturated carbocycles. The maximum Gasteiger partial charge on any atom is 0.271 e. The zero-order valence-electron chi connectivity index (χ0n) is 10.6. The maximum atomic E-state index is 12.0. The summed E-state index contributed by atoms with van der Waals surface area (Å²) in [5, 5.41) is 1.67. The van der Waals surface area contributed by atoms with Gasteiger partial charge in [-0.25, -0.2) is 16.8 Å². The number of anilines is 1. The minimum Gasteiger partial charge on any atom is -0.279 e. The van der Waals surface area contributed by atoms with Gasteiger partial charge in [0, 0.05) is 5.69 Å². The van der Waals surface area contributed by atoms with Crippen LogP contribution in [-0.4, -0.2) is 22.6 Å². The molecular weight excluding hydrogens is 318 g/mol. The first-order chi connectivity index (χ1) is 9.35. The number of rotatable bonds is 5. The Hall–Kier alpha value is -1.38. The van der Waals surface area contributed by atoms with Gasteiger partial charge in [-0.3, -0.25) is 4.72 Å². The fourth-order valence-corrected chi connectivity index (χ4v) is 4.45. The third-order valence-corrected chi connectivity index (χ3v) is 7.13. The zero-order valence-corrected chi connectivity index (χ0v) is 13.1. The van der Waals surface area contributed by atoms with Gasteiger partial charge >= 0.3 is 0 Å². The number of thiophene rings is 1. The Bertz CT molecular complexity index is 776. The predicted octanol–water partition coefficient (Wildman–Crippen LogP) is 2.34. The van der Waals surface area contributed by atoms with Crippen molar-refractivity contribution in [2.45, 2.75) is 16.0 Å². The van der Waals surface area contributed by atoms with Crippen LogP contribution in [0.1, 0.15) is 6.92 Å². The van der Waals surface area contributed by atoms with Gasteiger partial charge in [0.1, 0.15) is 4.21 Å². The molecule has 1 heterocycles. The minimum absolute atomic E-state index is 0.00721. The van der Waals surface area contributed by atoms with Gasteiger partial charge in [0.05, 0.1) is 10.6 Å². The molecule has 2 aromatic rings. The molecular formula is C12H13NO4S3. The highest BCUT2D eigenvalue weighted by Gasteiger charge is 2.16. The second-order valence-electron chi connectivity index (χ2n) is 3.97. The molecule has 108 valence electrons. The van der Waals surface area contributed by atoms with E-state index in [0.717, 1.165) is 11.3 Å². The largest absolute Gasteiger partial charge is 0.279 e. The molecule has 0 saturated heterocycles. The Kier molecular flexibility index (Phi) is 4.17. The van der Waals surface area contributed by atoms with Gasteiger partial charge in [0.2, 0.25) is 0 Å². The summed E-state index contributed by atoms with van der Waals surface area (Å²) in [5.41, 5.74) is 0.327. The van der Waals surface area contributed by atoms with Crippen molar-refractivity contribution in [1.82, 2.24) is 0 Å². The molecule has 20 heavy (non-hydrogen) atoms. The summed E-state index contributed by atoms with van der Waals surface area (Å²) in [6.07, 6.45) is 0. The molecule has 2 rings (SSSR count). The standard InChI is InChI=1S/C12H13NO4S3/c1-2-19(14,15)11-7-5-10(6-8-11)13-20(16,17)12-4-3-9-18-12/h3-9,13H,2H2,1H3. The molecule has 0 spiro atoms. The van der Waals surface area contributed by atoms with Gasteiger partial charge in [-0.15, -0.1) is 11.3 Å². The second kappa shape index (κ2) is 5.55. The van der Waals surface area contributed by atoms with Crippen LogP contribution in [0, 0.1) is 0 Å². The van der Waals surface area contributed by atoms with Crippen molar-refractivity contribution >= 4 is 36.9 Å². The van der Waals surface area contributed by atoms with E-state index in [-0.39, 0.29) is 14.9 Å². The highest BCUT2D eigenvalue weighted by molar-refractivity contribution is 7.94. The summed E-state index contributed by atoms with van der Waals surface area (Å²) in [4.78, 5) is 0.180. The van der Waals surface area contributed by atoms with Crippen LogP contribution in [-0.2, 0) is 19.9 Å². The molecule has 0 aliphatic rings. The number of sulfone groups is 1. The van der Waals surface area contributed by atoms with Crippen LogP contribution in [0.2, 0.25) is 0 Å². The van der Waals surface area contributed by atoms with E-state index < -0.39 is 19.9 Å². The van der Waals surface area contributed by atoms with Gasteiger partial charge in [-0.1, -0.05) is 13.0 Å². The van der Waals surface area contributed by atoms with Gasteiger partial charge in [0.25, 0.3) is 10.0 Å². The van der Waals surface area contributed by atoms with Gasteiger partial charge < -0.3 is 0 Å². The van der Waals surface area contributed by atoms with Crippen LogP contribution >= 0.6 is 11.3 Å². The topological polar surface area (TPSA) is 80.3 Å². The lowest BCUT2D eigenvalue weighted by Gasteiger charge is -2.07. The fourth-order valence-electron chi connectivity index (χ4n) is 1.52. The molecule has 0 fully saturated rings. The fraction of sp³-hybridized carbons (Fsp3) is 0.167. The summed E-state index contributed by atoms with van der Waals surface area (Å²) >= 11 is 1.11. The molecule has 0 atom stereocenters. The zero-order chi connectivity index (χ0) is 14.8. The Balaban J connectivity index is 2.25. The third kappa shape index (κ3) is 3.20. The van der Waals surface area contributed by atoms with E-state index in [9.17, 15) is 16.8 Å². The smallest absolute Gasteiger partial charge is 0.271 e. The summed E-state index contributed by atoms with van der Waals surface area (Å²) in [5.74, 6) is 0.00721. The van der Waals surface area contributed by atoms with E-state index in [0.29, 0.717) is 5.69 Å². The Morgan fingerprint density at radius 3 is 2.20 bits per heavy atom. The highest BCUT2D eigenvalue weighted by Crippen LogP contribution is 2.21. The predicted molar refractivity (Wildman–Crippen MR) is 79.3 cm³/mol. The molecule has 1 aromatic heterocycles. The Labute approximate surface area is 122 Å². The van der Waals surface area contributed by atoms with Crippen molar-refractivity contribution in [2.24, 2.45) is 0 Å². The number of nitrogens with one attached hydrogen (secondary N) is 1. The number of benzene rings is 1. The number of sulfonamides is 1. The monoisotopic (exact) mass is 331 g/mol. The van der Waals surface area contributed by atoms with Crippen molar-refractivity contribution in [2.75, 3.05) is 10.5 Å². The van der Waals surface area contributed by atoms with E-state index in [1.165, 1.54) is 30.3 Å². The molecule has 1 aromatic carbocycles. The van der Waals surface area contributed by atoms with Crippen LogP contribution < -0.4 is 4.72 Å². The Morgan fingerprint density at radius 2 is 1.70 bits per heavy atom. The lowest BCUT2D eigenvalue weighted by molar-refractivity contribution is 0.597. The first-order valence-corrected chi connectivity index (χ1v) is 9.76. The average Bonchev–Trinajstić information content (AvgIpc) is 2.93. The van der Waals surface area contributed by atoms with E-state index in [4.69, 9.17) is 0 Å². The molecule has 0 aliphatic carbocycles. The van der Waals surface area contributed by atoms with Crippen LogP contribution in [0.5, 0.6) is 0 Å². The van der Waals surface area contributed by atoms with Crippen molar-refractivity contribution in [3.8, 4) is 0 Å². The van der Waals surface area contributed by atoms with Gasteiger partial charge in [0.15, 0.2) is 9.84 Å². The second-order valence-corrected chi connectivity index (χ2v) is 9.10. The molecule has 0 aliphatic heterocycles. The third-order valence-electron chi connectivity index (χ3n) is 2.61. The molecule has 0 amide bonds. The SMILES string of the molecule is CCS(=O)(=O)c1ccc(NS(=O)(=O)c2cccs2)cc1. The van der Waals surface area contributed by atoms with E-state index in [2.05, 4.69) is 4.72 Å². The van der Waals surface area contributed by atoms with Crippen molar-refractivity contribution in [3.05, 3.63) is 41.8 Å². The maximum absolute atomic E-state index is 12.0. The quantitative estimate of drug-likeness (QED) is 0.912. The van der Waals surface area contributed by atoms with Crippen molar-refractivity contribution < 1.29 is 16.8 Å². The molecule has 0 unspecified atom stereocenters. The minimum atomic E-state index is -3.60. The van der Waals surface area contributed by atoms with E-state index in [1.807, 2.05) is 0 Å². The first-order valence-electron chi connectivity index (χ1n) is 5.74.